The van der Waals surface area contributed by atoms with E-state index in [-0.39, 0.29) is 5.91 Å². The molecule has 0 bridgehead atoms. The van der Waals surface area contributed by atoms with Crippen LogP contribution in [-0.2, 0) is 11.2 Å². The first-order valence-corrected chi connectivity index (χ1v) is 7.51. The van der Waals surface area contributed by atoms with Crippen LogP contribution in [-0.4, -0.2) is 20.0 Å². The van der Waals surface area contributed by atoms with Crippen molar-refractivity contribution in [2.24, 2.45) is 0 Å². The number of nitrogens with one attached hydrogen (secondary N) is 1. The molecule has 0 spiro atoms. The summed E-state index contributed by atoms with van der Waals surface area (Å²) in [6.07, 6.45) is 0.405. The molecule has 0 aromatic heterocycles. The lowest BCUT2D eigenvalue weighted by Crippen LogP contribution is -2.16. The van der Waals surface area contributed by atoms with Gasteiger partial charge in [-0.05, 0) is 55.7 Å². The summed E-state index contributed by atoms with van der Waals surface area (Å²) >= 11 is 0. The number of carbonyl (C=O) groups excluding carboxylic acids is 1. The van der Waals surface area contributed by atoms with Gasteiger partial charge in [-0.15, -0.1) is 0 Å². The van der Waals surface area contributed by atoms with E-state index < -0.39 is 0 Å². The van der Waals surface area contributed by atoms with Crippen molar-refractivity contribution in [1.29, 1.82) is 0 Å². The number of benzene rings is 2. The highest BCUT2D eigenvalue weighted by molar-refractivity contribution is 5.92. The third-order valence-corrected chi connectivity index (χ3v) is 3.82. The molecule has 0 aliphatic heterocycles. The van der Waals surface area contributed by atoms with E-state index in [1.807, 2.05) is 46.1 Å². The molecule has 1 N–H and O–H groups in total. The minimum absolute atomic E-state index is 0.0192. The zero-order valence-electron chi connectivity index (χ0n) is 14.0. The number of aryl methyl sites for hydroxylation is 3. The molecule has 0 saturated heterocycles. The van der Waals surface area contributed by atoms with Gasteiger partial charge in [-0.3, -0.25) is 4.79 Å². The van der Waals surface area contributed by atoms with Gasteiger partial charge in [0.05, 0.1) is 6.42 Å². The molecule has 0 radical (unpaired) electrons. The van der Waals surface area contributed by atoms with Crippen molar-refractivity contribution in [2.75, 3.05) is 24.3 Å². The highest BCUT2D eigenvalue weighted by Gasteiger charge is 2.08. The van der Waals surface area contributed by atoms with Crippen molar-refractivity contribution < 1.29 is 4.79 Å². The Balaban J connectivity index is 2.09. The van der Waals surface area contributed by atoms with Gasteiger partial charge in [-0.2, -0.15) is 0 Å². The van der Waals surface area contributed by atoms with Crippen LogP contribution in [0.25, 0.3) is 0 Å². The van der Waals surface area contributed by atoms with Crippen LogP contribution >= 0.6 is 0 Å². The summed E-state index contributed by atoms with van der Waals surface area (Å²) in [5.74, 6) is 0.0192. The Labute approximate surface area is 133 Å². The fraction of sp³-hybridized carbons (Fsp3) is 0.316. The Morgan fingerprint density at radius 3 is 2.36 bits per heavy atom. The second kappa shape index (κ2) is 6.65. The summed E-state index contributed by atoms with van der Waals surface area (Å²) in [6, 6.07) is 12.2. The number of rotatable bonds is 4. The van der Waals surface area contributed by atoms with Gasteiger partial charge < -0.3 is 10.2 Å². The highest BCUT2D eigenvalue weighted by atomic mass is 16.1. The lowest BCUT2D eigenvalue weighted by molar-refractivity contribution is -0.115. The molecule has 0 atom stereocenters. The molecule has 1 amide bonds. The van der Waals surface area contributed by atoms with E-state index in [2.05, 4.69) is 35.3 Å². The molecule has 3 nitrogen and oxygen atoms in total. The van der Waals surface area contributed by atoms with Crippen molar-refractivity contribution in [3.8, 4) is 0 Å². The molecule has 0 saturated carbocycles. The number of nitrogens with zero attached hydrogens (tertiary/aromatic N) is 1. The second-order valence-corrected chi connectivity index (χ2v) is 6.05. The van der Waals surface area contributed by atoms with E-state index in [1.54, 1.807) is 0 Å². The molecule has 2 rings (SSSR count). The quantitative estimate of drug-likeness (QED) is 0.929. The van der Waals surface area contributed by atoms with Crippen molar-refractivity contribution in [3.05, 3.63) is 58.7 Å². The van der Waals surface area contributed by atoms with Crippen molar-refractivity contribution in [3.63, 3.8) is 0 Å². The molecule has 0 heterocycles. The Bertz CT molecular complexity index is 690. The van der Waals surface area contributed by atoms with Gasteiger partial charge in [0, 0.05) is 25.5 Å². The normalized spacial score (nSPS) is 10.4. The molecule has 0 fully saturated rings. The topological polar surface area (TPSA) is 32.3 Å². The summed E-state index contributed by atoms with van der Waals surface area (Å²) < 4.78 is 0. The molecular weight excluding hydrogens is 272 g/mol. The average molecular weight is 296 g/mol. The Kier molecular flexibility index (Phi) is 4.86. The van der Waals surface area contributed by atoms with Crippen LogP contribution in [0.4, 0.5) is 11.4 Å². The Morgan fingerprint density at radius 2 is 1.73 bits per heavy atom. The van der Waals surface area contributed by atoms with Gasteiger partial charge in [-0.1, -0.05) is 23.8 Å². The summed E-state index contributed by atoms with van der Waals surface area (Å²) in [6.45, 7) is 6.14. The predicted molar refractivity (Wildman–Crippen MR) is 93.8 cm³/mol. The van der Waals surface area contributed by atoms with Gasteiger partial charge in [0.15, 0.2) is 0 Å². The van der Waals surface area contributed by atoms with Gasteiger partial charge in [-0.25, -0.2) is 0 Å². The molecule has 0 unspecified atom stereocenters. The SMILES string of the molecule is Cc1ccc(C)c(CC(=O)Nc2ccc(N(C)C)c(C)c2)c1. The first kappa shape index (κ1) is 16.1. The van der Waals surface area contributed by atoms with E-state index in [9.17, 15) is 4.79 Å². The van der Waals surface area contributed by atoms with Crippen LogP contribution < -0.4 is 10.2 Å². The van der Waals surface area contributed by atoms with Gasteiger partial charge in [0.2, 0.25) is 5.91 Å². The van der Waals surface area contributed by atoms with E-state index in [0.717, 1.165) is 28.1 Å². The van der Waals surface area contributed by atoms with Crippen LogP contribution in [0.2, 0.25) is 0 Å². The second-order valence-electron chi connectivity index (χ2n) is 6.05. The van der Waals surface area contributed by atoms with Crippen molar-refractivity contribution in [1.82, 2.24) is 0 Å². The standard InChI is InChI=1S/C19H24N2O/c1-13-6-7-14(2)16(10-13)12-19(22)20-17-8-9-18(21(4)5)15(3)11-17/h6-11H,12H2,1-5H3,(H,20,22). The number of hydrogen-bond donors (Lipinski definition) is 1. The fourth-order valence-corrected chi connectivity index (χ4v) is 2.60. The lowest BCUT2D eigenvalue weighted by atomic mass is 10.0. The molecule has 2 aromatic carbocycles. The van der Waals surface area contributed by atoms with Crippen LogP contribution in [0.1, 0.15) is 22.3 Å². The minimum Gasteiger partial charge on any atom is -0.377 e. The van der Waals surface area contributed by atoms with E-state index in [1.165, 1.54) is 5.56 Å². The minimum atomic E-state index is 0.0192. The molecule has 116 valence electrons. The zero-order chi connectivity index (χ0) is 16.3. The lowest BCUT2D eigenvalue weighted by Gasteiger charge is -2.16. The largest absolute Gasteiger partial charge is 0.377 e. The molecule has 22 heavy (non-hydrogen) atoms. The van der Waals surface area contributed by atoms with Gasteiger partial charge >= 0.3 is 0 Å². The Morgan fingerprint density at radius 1 is 1.00 bits per heavy atom. The number of anilines is 2. The molecule has 0 aliphatic carbocycles. The zero-order valence-corrected chi connectivity index (χ0v) is 14.0. The maximum atomic E-state index is 12.3. The monoisotopic (exact) mass is 296 g/mol. The van der Waals surface area contributed by atoms with E-state index >= 15 is 0 Å². The summed E-state index contributed by atoms with van der Waals surface area (Å²) in [5.41, 5.74) is 6.57. The predicted octanol–water partition coefficient (Wildman–Crippen LogP) is 3.86. The first-order valence-electron chi connectivity index (χ1n) is 7.51. The van der Waals surface area contributed by atoms with Crippen molar-refractivity contribution in [2.45, 2.75) is 27.2 Å². The van der Waals surface area contributed by atoms with Crippen LogP contribution in [0.3, 0.4) is 0 Å². The van der Waals surface area contributed by atoms with Gasteiger partial charge in [0.1, 0.15) is 0 Å². The number of carbonyl (C=O) groups is 1. The molecule has 3 heteroatoms. The number of hydrogen-bond acceptors (Lipinski definition) is 2. The summed E-state index contributed by atoms with van der Waals surface area (Å²) in [7, 11) is 4.03. The van der Waals surface area contributed by atoms with Crippen LogP contribution in [0.5, 0.6) is 0 Å². The third kappa shape index (κ3) is 3.88. The van der Waals surface area contributed by atoms with Crippen molar-refractivity contribution >= 4 is 17.3 Å². The van der Waals surface area contributed by atoms with Gasteiger partial charge in [0.25, 0.3) is 0 Å². The highest BCUT2D eigenvalue weighted by Crippen LogP contribution is 2.22. The average Bonchev–Trinajstić information content (AvgIpc) is 2.42. The maximum Gasteiger partial charge on any atom is 0.228 e. The number of amides is 1. The summed E-state index contributed by atoms with van der Waals surface area (Å²) in [4.78, 5) is 14.3. The molecule has 0 aliphatic rings. The maximum absolute atomic E-state index is 12.3. The van der Waals surface area contributed by atoms with E-state index in [4.69, 9.17) is 0 Å². The van der Waals surface area contributed by atoms with Crippen LogP contribution in [0.15, 0.2) is 36.4 Å². The molecular formula is C19H24N2O. The van der Waals surface area contributed by atoms with Crippen LogP contribution in [0, 0.1) is 20.8 Å². The first-order chi connectivity index (χ1) is 10.4. The van der Waals surface area contributed by atoms with E-state index in [0.29, 0.717) is 6.42 Å². The fourth-order valence-electron chi connectivity index (χ4n) is 2.60. The summed E-state index contributed by atoms with van der Waals surface area (Å²) in [5, 5.41) is 2.99. The Hall–Kier alpha value is -2.29. The third-order valence-electron chi connectivity index (χ3n) is 3.82. The smallest absolute Gasteiger partial charge is 0.228 e. The molecule has 2 aromatic rings.